The van der Waals surface area contributed by atoms with Crippen molar-refractivity contribution in [3.8, 4) is 17.8 Å². The van der Waals surface area contributed by atoms with Gasteiger partial charge in [0.05, 0.1) is 13.1 Å². The Morgan fingerprint density at radius 2 is 1.17 bits per heavy atom. The molecule has 0 amide bonds. The molecule has 0 saturated heterocycles. The van der Waals surface area contributed by atoms with Gasteiger partial charge < -0.3 is 15.3 Å². The van der Waals surface area contributed by atoms with E-state index in [1.54, 1.807) is 48.8 Å². The zero-order valence-corrected chi connectivity index (χ0v) is 13.8. The first kappa shape index (κ1) is 21.2. The average molecular weight is 363 g/mol. The van der Waals surface area contributed by atoms with E-state index < -0.39 is 0 Å². The molecule has 0 aliphatic rings. The number of rotatable bonds is 5. The average Bonchev–Trinajstić information content (AvgIpc) is 2.55. The number of para-hydroxylation sites is 2. The Morgan fingerprint density at radius 3 is 1.50 bits per heavy atom. The maximum Gasteiger partial charge on any atom is 3.00 e. The van der Waals surface area contributed by atoms with Crippen LogP contribution < -0.4 is 15.3 Å². The molecule has 0 atom stereocenters. The minimum atomic E-state index is -0.0416. The molecule has 0 aliphatic carbocycles. The molecular formula is C17H14MnN3O3. The molecule has 0 aliphatic heterocycles. The maximum atomic E-state index is 11.4. The summed E-state index contributed by atoms with van der Waals surface area (Å²) >= 11 is 0. The maximum absolute atomic E-state index is 11.4. The van der Waals surface area contributed by atoms with Crippen molar-refractivity contribution in [1.82, 2.24) is 0 Å². The van der Waals surface area contributed by atoms with E-state index in [0.29, 0.717) is 30.5 Å². The fourth-order valence-electron chi connectivity index (χ4n) is 1.62. The van der Waals surface area contributed by atoms with Crippen molar-refractivity contribution in [2.24, 2.45) is 9.98 Å². The van der Waals surface area contributed by atoms with Gasteiger partial charge in [-0.2, -0.15) is 0 Å². The summed E-state index contributed by atoms with van der Waals surface area (Å²) in [6.07, 6.45) is 3.61. The first-order valence-electron chi connectivity index (χ1n) is 6.72. The summed E-state index contributed by atoms with van der Waals surface area (Å²) in [7, 11) is 0. The quantitative estimate of drug-likeness (QED) is 0.326. The van der Waals surface area contributed by atoms with Crippen molar-refractivity contribution in [1.29, 1.82) is 5.26 Å². The van der Waals surface area contributed by atoms with Crippen molar-refractivity contribution >= 4 is 12.4 Å². The number of nitriles is 1. The number of aliphatic imine (C=N–C) groups is 2. The van der Waals surface area contributed by atoms with Gasteiger partial charge in [-0.15, -0.1) is 11.5 Å². The predicted octanol–water partition coefficient (Wildman–Crippen LogP) is 0.197. The minimum absolute atomic E-state index is 0. The topological polar surface area (TPSA) is 118 Å². The summed E-state index contributed by atoms with van der Waals surface area (Å²) in [5, 5.41) is 37.8. The molecule has 24 heavy (non-hydrogen) atoms. The molecule has 0 heterocycles. The minimum Gasteiger partial charge on any atom is -0.872 e. The van der Waals surface area contributed by atoms with Gasteiger partial charge in [-0.05, 0) is 11.1 Å². The van der Waals surface area contributed by atoms with Crippen LogP contribution in [0.2, 0.25) is 0 Å². The fourth-order valence-corrected chi connectivity index (χ4v) is 1.62. The third-order valence-electron chi connectivity index (χ3n) is 2.66. The molecule has 7 heteroatoms. The molecule has 6 nitrogen and oxygen atoms in total. The SMILES string of the molecule is N#C[O-].[Mn+3].[O-]c1ccccc1C=NCCN=Cc1ccccc1[O-]. The largest absolute Gasteiger partial charge is 3.00 e. The van der Waals surface area contributed by atoms with Crippen molar-refractivity contribution in [2.75, 3.05) is 13.1 Å². The van der Waals surface area contributed by atoms with Gasteiger partial charge in [-0.1, -0.05) is 48.5 Å². The van der Waals surface area contributed by atoms with Crippen LogP contribution in [0.15, 0.2) is 58.5 Å². The van der Waals surface area contributed by atoms with Crippen molar-refractivity contribution in [2.45, 2.75) is 0 Å². The third kappa shape index (κ3) is 7.99. The van der Waals surface area contributed by atoms with Gasteiger partial charge in [0.15, 0.2) is 0 Å². The summed E-state index contributed by atoms with van der Waals surface area (Å²) in [6.45, 7) is 0.956. The monoisotopic (exact) mass is 363 g/mol. The van der Waals surface area contributed by atoms with E-state index in [-0.39, 0.29) is 28.6 Å². The number of hydrogen-bond donors (Lipinski definition) is 0. The van der Waals surface area contributed by atoms with Crippen LogP contribution in [0, 0.1) is 11.5 Å². The Bertz CT molecular complexity index is 657. The molecule has 2 aromatic carbocycles. The molecule has 0 radical (unpaired) electrons. The van der Waals surface area contributed by atoms with Crippen LogP contribution in [0.3, 0.4) is 0 Å². The molecule has 0 spiro atoms. The Morgan fingerprint density at radius 1 is 0.833 bits per heavy atom. The molecule has 2 rings (SSSR count). The Hall–Kier alpha value is -2.81. The van der Waals surface area contributed by atoms with Crippen LogP contribution in [0.5, 0.6) is 11.5 Å². The van der Waals surface area contributed by atoms with Gasteiger partial charge in [0.25, 0.3) is 0 Å². The predicted molar refractivity (Wildman–Crippen MR) is 82.3 cm³/mol. The van der Waals surface area contributed by atoms with E-state index in [0.717, 1.165) is 0 Å². The zero-order chi connectivity index (χ0) is 16.9. The summed E-state index contributed by atoms with van der Waals surface area (Å²) in [4.78, 5) is 8.28. The third-order valence-corrected chi connectivity index (χ3v) is 2.66. The molecule has 0 bridgehead atoms. The van der Waals surface area contributed by atoms with Crippen molar-refractivity contribution < 1.29 is 32.4 Å². The van der Waals surface area contributed by atoms with Gasteiger partial charge in [-0.3, -0.25) is 9.98 Å². The number of benzene rings is 2. The van der Waals surface area contributed by atoms with Gasteiger partial charge in [0.2, 0.25) is 0 Å². The molecule has 0 aromatic heterocycles. The molecule has 0 unspecified atom stereocenters. The number of hydrogen-bond acceptors (Lipinski definition) is 6. The van der Waals surface area contributed by atoms with Gasteiger partial charge >= 0.3 is 17.1 Å². The smallest absolute Gasteiger partial charge is 0.872 e. The number of nitrogens with zero attached hydrogens (tertiary/aromatic N) is 3. The van der Waals surface area contributed by atoms with Crippen LogP contribution >= 0.6 is 0 Å². The summed E-state index contributed by atoms with van der Waals surface area (Å²) < 4.78 is 0. The van der Waals surface area contributed by atoms with Gasteiger partial charge in [-0.25, -0.2) is 5.26 Å². The summed E-state index contributed by atoms with van der Waals surface area (Å²) in [5.41, 5.74) is 1.14. The Labute approximate surface area is 150 Å². The fraction of sp³-hybridized carbons (Fsp3) is 0.118. The first-order chi connectivity index (χ1) is 11.2. The van der Waals surface area contributed by atoms with Crippen LogP contribution in [-0.4, -0.2) is 25.5 Å². The molecule has 122 valence electrons. The summed E-state index contributed by atoms with van der Waals surface area (Å²) in [6, 6.07) is 13.5. The van der Waals surface area contributed by atoms with Crippen molar-refractivity contribution in [3.05, 3.63) is 59.7 Å². The molecular weight excluding hydrogens is 349 g/mol. The van der Waals surface area contributed by atoms with E-state index in [9.17, 15) is 10.2 Å². The normalized spacial score (nSPS) is 9.79. The second-order valence-electron chi connectivity index (χ2n) is 4.24. The van der Waals surface area contributed by atoms with E-state index in [1.165, 1.54) is 12.1 Å². The second-order valence-corrected chi connectivity index (χ2v) is 4.24. The van der Waals surface area contributed by atoms with Crippen LogP contribution in [0.4, 0.5) is 0 Å². The van der Waals surface area contributed by atoms with Gasteiger partial charge in [0.1, 0.15) is 0 Å². The molecule has 2 aromatic rings. The van der Waals surface area contributed by atoms with Crippen LogP contribution in [-0.2, 0) is 17.1 Å². The Kier molecular flexibility index (Phi) is 11.2. The van der Waals surface area contributed by atoms with Gasteiger partial charge in [0, 0.05) is 18.7 Å². The Balaban J connectivity index is 0.00000123. The van der Waals surface area contributed by atoms with Crippen molar-refractivity contribution in [3.63, 3.8) is 0 Å². The molecule has 0 saturated carbocycles. The van der Waals surface area contributed by atoms with E-state index in [1.807, 2.05) is 0 Å². The van der Waals surface area contributed by atoms with E-state index in [4.69, 9.17) is 10.4 Å². The van der Waals surface area contributed by atoms with Crippen LogP contribution in [0.1, 0.15) is 11.1 Å². The standard InChI is InChI=1S/C16H16N2O2.CHNO.Mn/c19-15-7-3-1-5-13(15)11-17-9-10-18-12-14-6-2-4-8-16(14)20;2-1-3;/h1-8,11-12,19-20H,9-10H2;3H;/q;;+3/p-3. The van der Waals surface area contributed by atoms with E-state index in [2.05, 4.69) is 9.98 Å². The zero-order valence-electron chi connectivity index (χ0n) is 12.6. The molecule has 0 N–H and O–H groups in total. The van der Waals surface area contributed by atoms with Crippen LogP contribution in [0.25, 0.3) is 0 Å². The molecule has 0 fully saturated rings. The summed E-state index contributed by atoms with van der Waals surface area (Å²) in [5.74, 6) is -0.0833. The van der Waals surface area contributed by atoms with E-state index >= 15 is 0 Å². The second kappa shape index (κ2) is 12.7. The first-order valence-corrected chi connectivity index (χ1v) is 6.72.